The second kappa shape index (κ2) is 6.68. The lowest BCUT2D eigenvalue weighted by atomic mass is 10.2. The van der Waals surface area contributed by atoms with Gasteiger partial charge in [-0.1, -0.05) is 12.8 Å². The molecule has 1 aliphatic carbocycles. The molecule has 3 N–H and O–H groups in total. The largest absolute Gasteiger partial charge is 0.330 e. The van der Waals surface area contributed by atoms with Crippen LogP contribution in [0.4, 0.5) is 0 Å². The van der Waals surface area contributed by atoms with Gasteiger partial charge in [-0.3, -0.25) is 0 Å². The van der Waals surface area contributed by atoms with Crippen molar-refractivity contribution >= 4 is 10.2 Å². The lowest BCUT2D eigenvalue weighted by Crippen LogP contribution is -2.48. The predicted molar refractivity (Wildman–Crippen MR) is 69.8 cm³/mol. The van der Waals surface area contributed by atoms with Crippen LogP contribution in [0.1, 0.15) is 46.0 Å². The van der Waals surface area contributed by atoms with Gasteiger partial charge < -0.3 is 5.73 Å². The van der Waals surface area contributed by atoms with E-state index in [1.54, 1.807) is 4.31 Å². The first kappa shape index (κ1) is 14.9. The molecule has 1 saturated carbocycles. The summed E-state index contributed by atoms with van der Waals surface area (Å²) in [6.07, 6.45) is 4.92. The zero-order valence-corrected chi connectivity index (χ0v) is 11.7. The van der Waals surface area contributed by atoms with Crippen LogP contribution in [0.15, 0.2) is 0 Å². The SMILES string of the molecule is CC(C)NS(=O)(=O)N(CCCN)C1CCCC1. The summed E-state index contributed by atoms with van der Waals surface area (Å²) in [5.41, 5.74) is 5.48. The molecule has 102 valence electrons. The molecular formula is C11H25N3O2S. The normalized spacial score (nSPS) is 18.4. The van der Waals surface area contributed by atoms with E-state index in [0.29, 0.717) is 13.1 Å². The van der Waals surface area contributed by atoms with E-state index in [2.05, 4.69) is 4.72 Å². The van der Waals surface area contributed by atoms with Crippen LogP contribution in [-0.4, -0.2) is 37.9 Å². The Morgan fingerprint density at radius 2 is 1.94 bits per heavy atom. The van der Waals surface area contributed by atoms with Crippen LogP contribution in [0.5, 0.6) is 0 Å². The Kier molecular flexibility index (Phi) is 5.85. The van der Waals surface area contributed by atoms with Gasteiger partial charge in [0.2, 0.25) is 0 Å². The highest BCUT2D eigenvalue weighted by Gasteiger charge is 2.31. The Labute approximate surface area is 105 Å². The van der Waals surface area contributed by atoms with Gasteiger partial charge in [0, 0.05) is 18.6 Å². The first-order valence-corrected chi connectivity index (χ1v) is 7.90. The average Bonchev–Trinajstić information content (AvgIpc) is 2.69. The van der Waals surface area contributed by atoms with Crippen molar-refractivity contribution in [3.63, 3.8) is 0 Å². The number of hydrogen-bond donors (Lipinski definition) is 2. The van der Waals surface area contributed by atoms with Gasteiger partial charge in [-0.15, -0.1) is 0 Å². The molecule has 0 amide bonds. The molecule has 0 atom stereocenters. The van der Waals surface area contributed by atoms with Crippen LogP contribution >= 0.6 is 0 Å². The van der Waals surface area contributed by atoms with Gasteiger partial charge in [-0.25, -0.2) is 0 Å². The Morgan fingerprint density at radius 1 is 1.35 bits per heavy atom. The minimum absolute atomic E-state index is 0.0678. The molecule has 0 saturated heterocycles. The molecule has 0 aromatic rings. The second-order valence-corrected chi connectivity index (χ2v) is 6.62. The summed E-state index contributed by atoms with van der Waals surface area (Å²) in [6, 6.07) is 0.0968. The van der Waals surface area contributed by atoms with E-state index >= 15 is 0 Å². The molecule has 1 rings (SSSR count). The van der Waals surface area contributed by atoms with Gasteiger partial charge in [0.05, 0.1) is 0 Å². The summed E-state index contributed by atoms with van der Waals surface area (Å²) in [5.74, 6) is 0. The Hall–Kier alpha value is -0.170. The summed E-state index contributed by atoms with van der Waals surface area (Å²) in [4.78, 5) is 0. The van der Waals surface area contributed by atoms with E-state index in [4.69, 9.17) is 5.73 Å². The molecule has 5 nitrogen and oxygen atoms in total. The average molecular weight is 263 g/mol. The summed E-state index contributed by atoms with van der Waals surface area (Å²) >= 11 is 0. The van der Waals surface area contributed by atoms with Crippen molar-refractivity contribution < 1.29 is 8.42 Å². The van der Waals surface area contributed by atoms with E-state index in [1.165, 1.54) is 0 Å². The first-order valence-electron chi connectivity index (χ1n) is 6.46. The Bertz CT molecular complexity index is 311. The topological polar surface area (TPSA) is 75.4 Å². The molecule has 0 aromatic carbocycles. The van der Waals surface area contributed by atoms with Crippen LogP contribution in [0.3, 0.4) is 0 Å². The van der Waals surface area contributed by atoms with Crippen molar-refractivity contribution in [3.05, 3.63) is 0 Å². The Balaban J connectivity index is 2.73. The minimum Gasteiger partial charge on any atom is -0.330 e. The van der Waals surface area contributed by atoms with Crippen molar-refractivity contribution in [1.82, 2.24) is 9.03 Å². The van der Waals surface area contributed by atoms with E-state index in [9.17, 15) is 8.42 Å². The standard InChI is InChI=1S/C11H25N3O2S/c1-10(2)13-17(15,16)14(9-5-8-12)11-6-3-4-7-11/h10-11,13H,3-9,12H2,1-2H3. The molecule has 0 bridgehead atoms. The molecule has 17 heavy (non-hydrogen) atoms. The lowest BCUT2D eigenvalue weighted by Gasteiger charge is -2.28. The summed E-state index contributed by atoms with van der Waals surface area (Å²) in [5, 5.41) is 0. The van der Waals surface area contributed by atoms with E-state index in [0.717, 1.165) is 32.1 Å². The van der Waals surface area contributed by atoms with E-state index in [1.807, 2.05) is 13.8 Å². The van der Waals surface area contributed by atoms with Gasteiger partial charge in [-0.2, -0.15) is 17.4 Å². The van der Waals surface area contributed by atoms with Crippen LogP contribution in [0, 0.1) is 0 Å². The zero-order chi connectivity index (χ0) is 12.9. The third-order valence-electron chi connectivity index (χ3n) is 3.01. The van der Waals surface area contributed by atoms with Crippen LogP contribution in [0.25, 0.3) is 0 Å². The molecule has 0 aliphatic heterocycles. The summed E-state index contributed by atoms with van der Waals surface area (Å²) in [6.45, 7) is 4.74. The van der Waals surface area contributed by atoms with Crippen molar-refractivity contribution in [2.75, 3.05) is 13.1 Å². The molecule has 0 radical (unpaired) electrons. The van der Waals surface area contributed by atoms with Gasteiger partial charge in [-0.05, 0) is 39.7 Å². The molecular weight excluding hydrogens is 238 g/mol. The molecule has 0 spiro atoms. The maximum atomic E-state index is 12.2. The number of nitrogens with one attached hydrogen (secondary N) is 1. The predicted octanol–water partition coefficient (Wildman–Crippen LogP) is 0.823. The van der Waals surface area contributed by atoms with Crippen LogP contribution < -0.4 is 10.5 Å². The quantitative estimate of drug-likeness (QED) is 0.714. The van der Waals surface area contributed by atoms with Crippen molar-refractivity contribution in [3.8, 4) is 0 Å². The third kappa shape index (κ3) is 4.54. The van der Waals surface area contributed by atoms with Gasteiger partial charge in [0.15, 0.2) is 0 Å². The molecule has 6 heteroatoms. The molecule has 1 aliphatic rings. The maximum absolute atomic E-state index is 12.2. The van der Waals surface area contributed by atoms with Crippen LogP contribution in [0.2, 0.25) is 0 Å². The van der Waals surface area contributed by atoms with Crippen molar-refractivity contribution in [1.29, 1.82) is 0 Å². The second-order valence-electron chi connectivity index (χ2n) is 4.97. The molecule has 0 aromatic heterocycles. The molecule has 1 fully saturated rings. The smallest absolute Gasteiger partial charge is 0.279 e. The number of hydrogen-bond acceptors (Lipinski definition) is 3. The third-order valence-corrected chi connectivity index (χ3v) is 4.88. The van der Waals surface area contributed by atoms with Gasteiger partial charge >= 0.3 is 0 Å². The lowest BCUT2D eigenvalue weighted by molar-refractivity contribution is 0.314. The highest BCUT2D eigenvalue weighted by atomic mass is 32.2. The monoisotopic (exact) mass is 263 g/mol. The fourth-order valence-electron chi connectivity index (χ4n) is 2.30. The molecule has 0 heterocycles. The van der Waals surface area contributed by atoms with E-state index < -0.39 is 10.2 Å². The number of nitrogens with zero attached hydrogens (tertiary/aromatic N) is 1. The summed E-state index contributed by atoms with van der Waals surface area (Å²) < 4.78 is 28.7. The first-order chi connectivity index (χ1) is 7.97. The number of nitrogens with two attached hydrogens (primary N) is 1. The molecule has 0 unspecified atom stereocenters. The highest BCUT2D eigenvalue weighted by molar-refractivity contribution is 7.87. The fourth-order valence-corrected chi connectivity index (χ4v) is 4.01. The summed E-state index contributed by atoms with van der Waals surface area (Å²) in [7, 11) is -3.35. The zero-order valence-electron chi connectivity index (χ0n) is 10.9. The van der Waals surface area contributed by atoms with E-state index in [-0.39, 0.29) is 12.1 Å². The van der Waals surface area contributed by atoms with Gasteiger partial charge in [0.1, 0.15) is 0 Å². The minimum atomic E-state index is -3.35. The Morgan fingerprint density at radius 3 is 2.41 bits per heavy atom. The van der Waals surface area contributed by atoms with Crippen molar-refractivity contribution in [2.24, 2.45) is 5.73 Å². The highest BCUT2D eigenvalue weighted by Crippen LogP contribution is 2.25. The number of rotatable bonds is 7. The fraction of sp³-hybridized carbons (Fsp3) is 1.00. The van der Waals surface area contributed by atoms with Crippen molar-refractivity contribution in [2.45, 2.75) is 58.0 Å². The van der Waals surface area contributed by atoms with Gasteiger partial charge in [0.25, 0.3) is 10.2 Å². The van der Waals surface area contributed by atoms with Crippen LogP contribution in [-0.2, 0) is 10.2 Å². The maximum Gasteiger partial charge on any atom is 0.279 e.